The maximum atomic E-state index is 13.3. The molecule has 3 aromatic rings. The molecule has 0 aliphatic heterocycles. The lowest BCUT2D eigenvalue weighted by Gasteiger charge is -2.62. The third-order valence-electron chi connectivity index (χ3n) is 6.99. The molecule has 1 fully saturated rings. The van der Waals surface area contributed by atoms with Gasteiger partial charge in [-0.05, 0) is 49.4 Å². The number of ether oxygens (including phenoxy) is 1. The Morgan fingerprint density at radius 1 is 1.27 bits per heavy atom. The van der Waals surface area contributed by atoms with Crippen molar-refractivity contribution < 1.29 is 9.53 Å². The first-order chi connectivity index (χ1) is 14.3. The Morgan fingerprint density at radius 2 is 2.00 bits per heavy atom. The molecule has 4 rings (SSSR count). The average Bonchev–Trinajstić information content (AvgIpc) is 3.13. The number of rotatable bonds is 6. The van der Waals surface area contributed by atoms with Crippen molar-refractivity contribution in [3.8, 4) is 5.75 Å². The molecule has 1 aliphatic carbocycles. The molecule has 0 unspecified atom stereocenters. The minimum atomic E-state index is -0.316. The van der Waals surface area contributed by atoms with E-state index in [0.29, 0.717) is 11.7 Å². The molecule has 0 bridgehead atoms. The highest BCUT2D eigenvalue weighted by atomic mass is 32.1. The van der Waals surface area contributed by atoms with Crippen LogP contribution in [0.4, 0.5) is 5.13 Å². The molecule has 0 saturated heterocycles. The van der Waals surface area contributed by atoms with E-state index >= 15 is 0 Å². The number of hydrogen-bond acceptors (Lipinski definition) is 4. The van der Waals surface area contributed by atoms with E-state index in [9.17, 15) is 4.79 Å². The highest BCUT2D eigenvalue weighted by Gasteiger charge is 2.63. The van der Waals surface area contributed by atoms with Gasteiger partial charge in [-0.15, -0.1) is 0 Å². The summed E-state index contributed by atoms with van der Waals surface area (Å²) in [4.78, 5) is 17.9. The molecule has 1 N–H and O–H groups in total. The van der Waals surface area contributed by atoms with Gasteiger partial charge < -0.3 is 10.1 Å². The van der Waals surface area contributed by atoms with Crippen LogP contribution in [-0.4, -0.2) is 17.5 Å². The maximum Gasteiger partial charge on any atom is 0.230 e. The summed E-state index contributed by atoms with van der Waals surface area (Å²) in [5.41, 5.74) is 2.71. The fraction of sp³-hybridized carbons (Fsp3) is 0.360. The molecule has 30 heavy (non-hydrogen) atoms. The normalized spacial score (nSPS) is 25.5. The van der Waals surface area contributed by atoms with Crippen LogP contribution < -0.4 is 10.1 Å². The van der Waals surface area contributed by atoms with Crippen LogP contribution in [0.3, 0.4) is 0 Å². The lowest BCUT2D eigenvalue weighted by Crippen LogP contribution is -2.62. The Labute approximate surface area is 182 Å². The standard InChI is InChI=1S/C25H28N2O2S/c1-6-29-18-12-13-20-21(14-18)30-23(26-20)27-22(28)19-15-24(4,16(2)3)25(19,5)17-10-8-7-9-11-17/h7-14,19H,2,6,15H2,1,3-5H3,(H,26,27,28)/t19-,24+,25-/m1/s1. The van der Waals surface area contributed by atoms with Crippen LogP contribution in [0.15, 0.2) is 60.7 Å². The topological polar surface area (TPSA) is 51.2 Å². The number of aromatic nitrogens is 1. The molecule has 5 heteroatoms. The molecule has 4 nitrogen and oxygen atoms in total. The molecule has 1 aromatic heterocycles. The third kappa shape index (κ3) is 3.12. The summed E-state index contributed by atoms with van der Waals surface area (Å²) in [6, 6.07) is 16.1. The molecule has 1 saturated carbocycles. The van der Waals surface area contributed by atoms with E-state index < -0.39 is 0 Å². The number of nitrogens with one attached hydrogen (secondary N) is 1. The van der Waals surface area contributed by atoms with Crippen molar-refractivity contribution in [3.63, 3.8) is 0 Å². The summed E-state index contributed by atoms with van der Waals surface area (Å²) in [6.45, 7) is 13.3. The predicted molar refractivity (Wildman–Crippen MR) is 124 cm³/mol. The largest absolute Gasteiger partial charge is 0.494 e. The van der Waals surface area contributed by atoms with Crippen molar-refractivity contribution in [2.45, 2.75) is 39.5 Å². The molecule has 0 spiro atoms. The third-order valence-corrected chi connectivity index (χ3v) is 7.92. The Kier molecular flexibility index (Phi) is 5.18. The number of amides is 1. The number of hydrogen-bond donors (Lipinski definition) is 1. The van der Waals surface area contributed by atoms with E-state index in [1.165, 1.54) is 16.9 Å². The predicted octanol–water partition coefficient (Wildman–Crippen LogP) is 6.19. The lowest BCUT2D eigenvalue weighted by molar-refractivity contribution is -0.134. The first-order valence-corrected chi connectivity index (χ1v) is 11.2. The van der Waals surface area contributed by atoms with Gasteiger partial charge in [-0.1, -0.05) is 67.7 Å². The minimum Gasteiger partial charge on any atom is -0.494 e. The van der Waals surface area contributed by atoms with Crippen molar-refractivity contribution in [2.24, 2.45) is 11.3 Å². The Balaban J connectivity index is 1.61. The maximum absolute atomic E-state index is 13.3. The summed E-state index contributed by atoms with van der Waals surface area (Å²) in [5.74, 6) is 0.691. The second-order valence-corrected chi connectivity index (χ2v) is 9.54. The molecule has 1 aliphatic rings. The van der Waals surface area contributed by atoms with Crippen molar-refractivity contribution in [1.82, 2.24) is 4.98 Å². The number of carbonyl (C=O) groups excluding carboxylic acids is 1. The summed E-state index contributed by atoms with van der Waals surface area (Å²) in [7, 11) is 0. The van der Waals surface area contributed by atoms with Gasteiger partial charge in [-0.3, -0.25) is 4.79 Å². The quantitative estimate of drug-likeness (QED) is 0.484. The summed E-state index contributed by atoms with van der Waals surface area (Å²) in [6.07, 6.45) is 0.777. The van der Waals surface area contributed by atoms with Gasteiger partial charge >= 0.3 is 0 Å². The number of nitrogens with zero attached hydrogens (tertiary/aromatic N) is 1. The van der Waals surface area contributed by atoms with Gasteiger partial charge in [-0.2, -0.15) is 0 Å². The van der Waals surface area contributed by atoms with Gasteiger partial charge in [0.2, 0.25) is 5.91 Å². The number of anilines is 1. The minimum absolute atomic E-state index is 0.0177. The lowest BCUT2D eigenvalue weighted by atomic mass is 9.41. The molecule has 1 heterocycles. The Morgan fingerprint density at radius 3 is 2.67 bits per heavy atom. The van der Waals surface area contributed by atoms with Crippen LogP contribution in [0, 0.1) is 11.3 Å². The van der Waals surface area contributed by atoms with Gasteiger partial charge in [0.1, 0.15) is 5.75 Å². The fourth-order valence-electron chi connectivity index (χ4n) is 4.76. The molecule has 1 amide bonds. The second kappa shape index (κ2) is 7.55. The van der Waals surface area contributed by atoms with Gasteiger partial charge in [0, 0.05) is 11.3 Å². The first kappa shape index (κ1) is 20.6. The number of benzene rings is 2. The van der Waals surface area contributed by atoms with Gasteiger partial charge in [0.15, 0.2) is 5.13 Å². The number of carbonyl (C=O) groups is 1. The van der Waals surface area contributed by atoms with Gasteiger partial charge in [0.25, 0.3) is 0 Å². The SMILES string of the molecule is C=C(C)[C@]1(C)C[C@H](C(=O)Nc2nc3ccc(OCC)cc3s2)[C@@]1(C)c1ccccc1. The molecule has 2 aromatic carbocycles. The Hall–Kier alpha value is -2.66. The van der Waals surface area contributed by atoms with Crippen LogP contribution in [0.2, 0.25) is 0 Å². The van der Waals surface area contributed by atoms with Gasteiger partial charge in [0.05, 0.1) is 16.8 Å². The summed E-state index contributed by atoms with van der Waals surface area (Å²) < 4.78 is 6.58. The molecule has 0 radical (unpaired) electrons. The summed E-state index contributed by atoms with van der Waals surface area (Å²) in [5, 5.41) is 3.71. The zero-order chi connectivity index (χ0) is 21.5. The molecular weight excluding hydrogens is 392 g/mol. The number of allylic oxidation sites excluding steroid dienone is 1. The summed E-state index contributed by atoms with van der Waals surface area (Å²) >= 11 is 1.48. The van der Waals surface area contributed by atoms with E-state index in [1.54, 1.807) is 0 Å². The van der Waals surface area contributed by atoms with E-state index in [2.05, 4.69) is 49.8 Å². The van der Waals surface area contributed by atoms with E-state index in [1.807, 2.05) is 43.3 Å². The number of thiazole rings is 1. The monoisotopic (exact) mass is 420 g/mol. The first-order valence-electron chi connectivity index (χ1n) is 10.4. The fourth-order valence-corrected chi connectivity index (χ4v) is 5.66. The van der Waals surface area contributed by atoms with Crippen LogP contribution in [0.25, 0.3) is 10.2 Å². The van der Waals surface area contributed by atoms with E-state index in [0.717, 1.165) is 28.0 Å². The number of fused-ring (bicyclic) bond motifs is 1. The zero-order valence-corrected chi connectivity index (χ0v) is 18.8. The van der Waals surface area contributed by atoms with Crippen LogP contribution in [-0.2, 0) is 10.2 Å². The molecular formula is C25H28N2O2S. The van der Waals surface area contributed by atoms with Crippen molar-refractivity contribution >= 4 is 32.6 Å². The molecule has 156 valence electrons. The van der Waals surface area contributed by atoms with Crippen LogP contribution in [0.1, 0.15) is 39.7 Å². The van der Waals surface area contributed by atoms with E-state index in [-0.39, 0.29) is 22.7 Å². The van der Waals surface area contributed by atoms with Gasteiger partial charge in [-0.25, -0.2) is 4.98 Å². The Bertz CT molecular complexity index is 1110. The zero-order valence-electron chi connectivity index (χ0n) is 18.0. The van der Waals surface area contributed by atoms with Crippen molar-refractivity contribution in [1.29, 1.82) is 0 Å². The van der Waals surface area contributed by atoms with Crippen LogP contribution in [0.5, 0.6) is 5.75 Å². The average molecular weight is 421 g/mol. The smallest absolute Gasteiger partial charge is 0.230 e. The highest BCUT2D eigenvalue weighted by molar-refractivity contribution is 7.22. The highest BCUT2D eigenvalue weighted by Crippen LogP contribution is 2.64. The second-order valence-electron chi connectivity index (χ2n) is 8.51. The van der Waals surface area contributed by atoms with E-state index in [4.69, 9.17) is 4.74 Å². The van der Waals surface area contributed by atoms with Crippen molar-refractivity contribution in [2.75, 3.05) is 11.9 Å². The van der Waals surface area contributed by atoms with Crippen LogP contribution >= 0.6 is 11.3 Å². The molecule has 3 atom stereocenters. The van der Waals surface area contributed by atoms with Crippen molar-refractivity contribution in [3.05, 3.63) is 66.2 Å².